The molecule has 4 heteroatoms. The van der Waals surface area contributed by atoms with Gasteiger partial charge in [-0.25, -0.2) is 0 Å². The first-order valence-corrected chi connectivity index (χ1v) is 7.08. The average molecular weight is 296 g/mol. The van der Waals surface area contributed by atoms with Crippen molar-refractivity contribution < 1.29 is 10.2 Å². The van der Waals surface area contributed by atoms with Gasteiger partial charge in [-0.3, -0.25) is 9.98 Å². The van der Waals surface area contributed by atoms with Crippen molar-refractivity contribution in [2.45, 2.75) is 19.4 Å². The zero-order valence-electron chi connectivity index (χ0n) is 12.8. The van der Waals surface area contributed by atoms with Crippen LogP contribution in [0.1, 0.15) is 25.0 Å². The van der Waals surface area contributed by atoms with Gasteiger partial charge < -0.3 is 10.2 Å². The van der Waals surface area contributed by atoms with Crippen molar-refractivity contribution in [3.8, 4) is 11.5 Å². The van der Waals surface area contributed by atoms with Crippen LogP contribution in [0.3, 0.4) is 0 Å². The standard InChI is InChI=1S/C18H20N2O2/c1-18(2,20-12-15-6-4-8-17(22)10-15)13-19-11-14-5-3-7-16(21)9-14/h3-12,21-22H,13H2,1-2H3. The van der Waals surface area contributed by atoms with Gasteiger partial charge >= 0.3 is 0 Å². The van der Waals surface area contributed by atoms with Gasteiger partial charge in [-0.05, 0) is 49.2 Å². The molecule has 0 fully saturated rings. The van der Waals surface area contributed by atoms with Crippen molar-refractivity contribution in [3.05, 3.63) is 59.7 Å². The van der Waals surface area contributed by atoms with Gasteiger partial charge in [0.25, 0.3) is 0 Å². The number of nitrogens with zero attached hydrogens (tertiary/aromatic N) is 2. The van der Waals surface area contributed by atoms with Gasteiger partial charge in [0.2, 0.25) is 0 Å². The van der Waals surface area contributed by atoms with Crippen LogP contribution in [0.25, 0.3) is 0 Å². The monoisotopic (exact) mass is 296 g/mol. The summed E-state index contributed by atoms with van der Waals surface area (Å²) in [5.74, 6) is 0.453. The molecule has 0 saturated carbocycles. The summed E-state index contributed by atoms with van der Waals surface area (Å²) in [4.78, 5) is 8.90. The lowest BCUT2D eigenvalue weighted by molar-refractivity contribution is 0.474. The fraction of sp³-hybridized carbons (Fsp3) is 0.222. The second-order valence-corrected chi connectivity index (χ2v) is 5.73. The van der Waals surface area contributed by atoms with Gasteiger partial charge in [-0.1, -0.05) is 24.3 Å². The number of hydrogen-bond acceptors (Lipinski definition) is 4. The van der Waals surface area contributed by atoms with Gasteiger partial charge in [0.15, 0.2) is 0 Å². The van der Waals surface area contributed by atoms with Gasteiger partial charge in [0.05, 0.1) is 12.1 Å². The summed E-state index contributed by atoms with van der Waals surface area (Å²) in [6.45, 7) is 4.51. The highest BCUT2D eigenvalue weighted by atomic mass is 16.3. The van der Waals surface area contributed by atoms with Crippen molar-refractivity contribution in [1.82, 2.24) is 0 Å². The Balaban J connectivity index is 1.98. The Bertz CT molecular complexity index is 691. The molecule has 0 amide bonds. The molecule has 0 heterocycles. The normalized spacial score (nSPS) is 12.3. The third-order valence-corrected chi connectivity index (χ3v) is 3.02. The van der Waals surface area contributed by atoms with Crippen LogP contribution in [0.4, 0.5) is 0 Å². The Morgan fingerprint density at radius 3 is 2.00 bits per heavy atom. The van der Waals surface area contributed by atoms with Crippen LogP contribution < -0.4 is 0 Å². The third kappa shape index (κ3) is 5.05. The quantitative estimate of drug-likeness (QED) is 0.830. The third-order valence-electron chi connectivity index (χ3n) is 3.02. The molecule has 4 nitrogen and oxygen atoms in total. The summed E-state index contributed by atoms with van der Waals surface area (Å²) in [7, 11) is 0. The maximum atomic E-state index is 9.43. The molecule has 2 aromatic carbocycles. The summed E-state index contributed by atoms with van der Waals surface area (Å²) >= 11 is 0. The number of rotatable bonds is 5. The predicted octanol–water partition coefficient (Wildman–Crippen LogP) is 3.41. The maximum Gasteiger partial charge on any atom is 0.116 e. The first-order valence-electron chi connectivity index (χ1n) is 7.08. The van der Waals surface area contributed by atoms with Crippen molar-refractivity contribution >= 4 is 12.4 Å². The van der Waals surface area contributed by atoms with E-state index in [9.17, 15) is 10.2 Å². The van der Waals surface area contributed by atoms with Crippen molar-refractivity contribution in [2.75, 3.05) is 6.54 Å². The molecule has 0 aliphatic heterocycles. The summed E-state index contributed by atoms with van der Waals surface area (Å²) in [6, 6.07) is 13.9. The van der Waals surface area contributed by atoms with Crippen LogP contribution in [0, 0.1) is 0 Å². The molecule has 0 atom stereocenters. The van der Waals surface area contributed by atoms with Crippen LogP contribution in [0.15, 0.2) is 58.5 Å². The van der Waals surface area contributed by atoms with Crippen LogP contribution in [-0.2, 0) is 0 Å². The molecule has 0 saturated heterocycles. The van der Waals surface area contributed by atoms with Crippen molar-refractivity contribution in [1.29, 1.82) is 0 Å². The first kappa shape index (κ1) is 15.8. The minimum Gasteiger partial charge on any atom is -0.508 e. The molecule has 0 aliphatic carbocycles. The minimum absolute atomic E-state index is 0.226. The number of aromatic hydroxyl groups is 2. The van der Waals surface area contributed by atoms with E-state index in [1.807, 2.05) is 26.0 Å². The van der Waals surface area contributed by atoms with E-state index in [0.717, 1.165) is 11.1 Å². The number of phenolic OH excluding ortho intramolecular Hbond substituents is 2. The van der Waals surface area contributed by atoms with Crippen molar-refractivity contribution in [3.63, 3.8) is 0 Å². The SMILES string of the molecule is CC(C)(CN=Cc1cccc(O)c1)N=Cc1cccc(O)c1. The van der Waals surface area contributed by atoms with Gasteiger partial charge in [0.1, 0.15) is 11.5 Å². The molecule has 2 rings (SSSR count). The van der Waals surface area contributed by atoms with E-state index < -0.39 is 0 Å². The summed E-state index contributed by atoms with van der Waals surface area (Å²) in [5, 5.41) is 18.8. The Kier molecular flexibility index (Phi) is 4.94. The number of hydrogen-bond donors (Lipinski definition) is 2. The van der Waals surface area contributed by atoms with Crippen molar-refractivity contribution in [2.24, 2.45) is 9.98 Å². The van der Waals surface area contributed by atoms with Gasteiger partial charge in [0, 0.05) is 12.4 Å². The lowest BCUT2D eigenvalue weighted by Gasteiger charge is -2.16. The highest BCUT2D eigenvalue weighted by Crippen LogP contribution is 2.13. The Morgan fingerprint density at radius 1 is 0.909 bits per heavy atom. The van der Waals surface area contributed by atoms with Gasteiger partial charge in [-0.2, -0.15) is 0 Å². The molecule has 0 radical (unpaired) electrons. The average Bonchev–Trinajstić information content (AvgIpc) is 2.45. The van der Waals surface area contributed by atoms with E-state index in [1.165, 1.54) is 0 Å². The highest BCUT2D eigenvalue weighted by molar-refractivity contribution is 5.81. The molecule has 22 heavy (non-hydrogen) atoms. The Morgan fingerprint density at radius 2 is 1.45 bits per heavy atom. The molecule has 114 valence electrons. The highest BCUT2D eigenvalue weighted by Gasteiger charge is 2.13. The van der Waals surface area contributed by atoms with E-state index >= 15 is 0 Å². The molecule has 0 aromatic heterocycles. The molecule has 2 N–H and O–H groups in total. The largest absolute Gasteiger partial charge is 0.508 e. The number of phenols is 2. The predicted molar refractivity (Wildman–Crippen MR) is 90.3 cm³/mol. The molecular formula is C18H20N2O2. The summed E-state index contributed by atoms with van der Waals surface area (Å²) in [6.07, 6.45) is 3.47. The fourth-order valence-corrected chi connectivity index (χ4v) is 1.87. The van der Waals surface area contributed by atoms with Crippen LogP contribution >= 0.6 is 0 Å². The Labute approximate surface area is 130 Å². The molecule has 0 aliphatic rings. The fourth-order valence-electron chi connectivity index (χ4n) is 1.87. The summed E-state index contributed by atoms with van der Waals surface area (Å²) < 4.78 is 0. The van der Waals surface area contributed by atoms with E-state index in [0.29, 0.717) is 6.54 Å². The van der Waals surface area contributed by atoms with E-state index in [2.05, 4.69) is 9.98 Å². The van der Waals surface area contributed by atoms with Crippen LogP contribution in [0.5, 0.6) is 11.5 Å². The lowest BCUT2D eigenvalue weighted by atomic mass is 10.1. The molecule has 0 spiro atoms. The first-order chi connectivity index (χ1) is 10.4. The minimum atomic E-state index is -0.348. The van der Waals surface area contributed by atoms with Crippen LogP contribution in [0.2, 0.25) is 0 Å². The van der Waals surface area contributed by atoms with Crippen LogP contribution in [-0.4, -0.2) is 34.7 Å². The molecule has 0 unspecified atom stereocenters. The zero-order chi connectivity index (χ0) is 16.0. The van der Waals surface area contributed by atoms with E-state index in [1.54, 1.807) is 48.8 Å². The second kappa shape index (κ2) is 6.89. The lowest BCUT2D eigenvalue weighted by Crippen LogP contribution is -2.21. The number of aliphatic imine (C=N–C) groups is 2. The molecule has 0 bridgehead atoms. The maximum absolute atomic E-state index is 9.43. The number of benzene rings is 2. The Hall–Kier alpha value is -2.62. The summed E-state index contributed by atoms with van der Waals surface area (Å²) in [5.41, 5.74) is 1.36. The molecule has 2 aromatic rings. The second-order valence-electron chi connectivity index (χ2n) is 5.73. The topological polar surface area (TPSA) is 65.2 Å². The van der Waals surface area contributed by atoms with E-state index in [-0.39, 0.29) is 17.0 Å². The zero-order valence-corrected chi connectivity index (χ0v) is 12.8. The smallest absolute Gasteiger partial charge is 0.116 e. The van der Waals surface area contributed by atoms with Gasteiger partial charge in [-0.15, -0.1) is 0 Å². The molecular weight excluding hydrogens is 276 g/mol. The van der Waals surface area contributed by atoms with E-state index in [4.69, 9.17) is 0 Å².